The largest absolute Gasteiger partial charge is 0.493 e. The van der Waals surface area contributed by atoms with Crippen molar-refractivity contribution in [3.05, 3.63) is 35.4 Å². The Labute approximate surface area is 131 Å². The van der Waals surface area contributed by atoms with Crippen LogP contribution in [0.1, 0.15) is 37.8 Å². The van der Waals surface area contributed by atoms with Gasteiger partial charge in [0.15, 0.2) is 0 Å². The van der Waals surface area contributed by atoms with Crippen LogP contribution in [-0.4, -0.2) is 40.7 Å². The van der Waals surface area contributed by atoms with Crippen LogP contribution in [0.3, 0.4) is 0 Å². The zero-order valence-corrected chi connectivity index (χ0v) is 13.2. The Bertz CT molecular complexity index is 601. The van der Waals surface area contributed by atoms with Crippen LogP contribution in [0.5, 0.6) is 5.75 Å². The first-order valence-corrected chi connectivity index (χ1v) is 7.92. The molecule has 1 amide bonds. The number of hydrogen-bond donors (Lipinski definition) is 1. The van der Waals surface area contributed by atoms with E-state index >= 15 is 0 Å². The minimum Gasteiger partial charge on any atom is -0.493 e. The van der Waals surface area contributed by atoms with Crippen molar-refractivity contribution in [1.82, 2.24) is 4.90 Å². The second-order valence-corrected chi connectivity index (χ2v) is 6.64. The molecule has 0 aliphatic carbocycles. The fourth-order valence-corrected chi connectivity index (χ4v) is 3.34. The average Bonchev–Trinajstić information content (AvgIpc) is 3.12. The summed E-state index contributed by atoms with van der Waals surface area (Å²) in [6.07, 6.45) is 6.20. The smallest absolute Gasteiger partial charge is 0.246 e. The van der Waals surface area contributed by atoms with E-state index in [4.69, 9.17) is 4.74 Å². The predicted molar refractivity (Wildman–Crippen MR) is 85.7 cm³/mol. The highest BCUT2D eigenvalue weighted by atomic mass is 16.5. The van der Waals surface area contributed by atoms with E-state index in [1.54, 1.807) is 24.8 Å². The van der Waals surface area contributed by atoms with E-state index in [-0.39, 0.29) is 11.9 Å². The van der Waals surface area contributed by atoms with E-state index in [1.165, 1.54) is 5.56 Å². The number of aliphatic hydroxyl groups is 1. The maximum atomic E-state index is 12.4. The topological polar surface area (TPSA) is 49.8 Å². The number of rotatable bonds is 3. The number of amides is 1. The molecule has 1 aromatic rings. The normalized spacial score (nSPS) is 21.2. The Morgan fingerprint density at radius 3 is 3.05 bits per heavy atom. The number of carbonyl (C=O) groups excluding carboxylic acids is 1. The Morgan fingerprint density at radius 2 is 2.27 bits per heavy atom. The van der Waals surface area contributed by atoms with Crippen LogP contribution >= 0.6 is 0 Å². The van der Waals surface area contributed by atoms with Crippen molar-refractivity contribution < 1.29 is 14.6 Å². The number of benzene rings is 1. The van der Waals surface area contributed by atoms with Crippen LogP contribution in [0.15, 0.2) is 24.3 Å². The molecule has 22 heavy (non-hydrogen) atoms. The number of carbonyl (C=O) groups is 1. The van der Waals surface area contributed by atoms with Crippen LogP contribution in [-0.2, 0) is 11.2 Å². The molecule has 2 aliphatic rings. The number of hydrogen-bond acceptors (Lipinski definition) is 3. The molecule has 1 N–H and O–H groups in total. The van der Waals surface area contributed by atoms with E-state index in [0.717, 1.165) is 43.7 Å². The monoisotopic (exact) mass is 301 g/mol. The number of likely N-dealkylation sites (tertiary alicyclic amines) is 1. The number of nitrogens with zero attached hydrogens (tertiary/aromatic N) is 1. The van der Waals surface area contributed by atoms with Crippen molar-refractivity contribution >= 4 is 12.0 Å². The number of fused-ring (bicyclic) bond motifs is 1. The molecule has 0 radical (unpaired) electrons. The lowest BCUT2D eigenvalue weighted by molar-refractivity contribution is -0.131. The molecular weight excluding hydrogens is 278 g/mol. The van der Waals surface area contributed by atoms with Crippen LogP contribution in [0.2, 0.25) is 0 Å². The molecule has 1 atom stereocenters. The molecule has 2 heterocycles. The van der Waals surface area contributed by atoms with E-state index in [2.05, 4.69) is 6.07 Å². The summed E-state index contributed by atoms with van der Waals surface area (Å²) in [7, 11) is 0. The molecule has 1 saturated heterocycles. The van der Waals surface area contributed by atoms with Crippen LogP contribution in [0, 0.1) is 0 Å². The zero-order valence-electron chi connectivity index (χ0n) is 13.2. The summed E-state index contributed by atoms with van der Waals surface area (Å²) in [5, 5.41) is 10.2. The first-order valence-electron chi connectivity index (χ1n) is 7.92. The summed E-state index contributed by atoms with van der Waals surface area (Å²) in [5.74, 6) is 0.923. The Kier molecular flexibility index (Phi) is 3.96. The van der Waals surface area contributed by atoms with Gasteiger partial charge in [-0.2, -0.15) is 0 Å². The molecule has 1 fully saturated rings. The van der Waals surface area contributed by atoms with Gasteiger partial charge in [0.25, 0.3) is 0 Å². The minimum atomic E-state index is -0.856. The van der Waals surface area contributed by atoms with Crippen LogP contribution < -0.4 is 4.74 Å². The van der Waals surface area contributed by atoms with Crippen molar-refractivity contribution in [2.45, 2.75) is 44.8 Å². The molecule has 0 bridgehead atoms. The van der Waals surface area contributed by atoms with Crippen LogP contribution in [0.4, 0.5) is 0 Å². The minimum absolute atomic E-state index is 0.0265. The van der Waals surface area contributed by atoms with Gasteiger partial charge in [0.2, 0.25) is 5.91 Å². The standard InChI is InChI=1S/C18H23NO3/c1-18(2,21)16-4-3-10-19(16)17(20)8-6-13-5-7-15-14(12-13)9-11-22-15/h5-8,12,16,21H,3-4,9-11H2,1-2H3/b8-6+. The summed E-state index contributed by atoms with van der Waals surface area (Å²) in [4.78, 5) is 14.2. The summed E-state index contributed by atoms with van der Waals surface area (Å²) in [6.45, 7) is 5.00. The highest BCUT2D eigenvalue weighted by Crippen LogP contribution is 2.28. The van der Waals surface area contributed by atoms with Gasteiger partial charge in [-0.15, -0.1) is 0 Å². The summed E-state index contributed by atoms with van der Waals surface area (Å²) >= 11 is 0. The second kappa shape index (κ2) is 5.76. The molecule has 1 aromatic carbocycles. The summed E-state index contributed by atoms with van der Waals surface area (Å²) in [5.41, 5.74) is 1.35. The molecule has 3 rings (SSSR count). The molecule has 1 unspecified atom stereocenters. The molecule has 4 nitrogen and oxygen atoms in total. The second-order valence-electron chi connectivity index (χ2n) is 6.64. The maximum absolute atomic E-state index is 12.4. The maximum Gasteiger partial charge on any atom is 0.246 e. The lowest BCUT2D eigenvalue weighted by Crippen LogP contribution is -2.47. The summed E-state index contributed by atoms with van der Waals surface area (Å²) in [6, 6.07) is 5.90. The van der Waals surface area contributed by atoms with Gasteiger partial charge < -0.3 is 14.7 Å². The van der Waals surface area contributed by atoms with Gasteiger partial charge in [-0.3, -0.25) is 4.79 Å². The van der Waals surface area contributed by atoms with Gasteiger partial charge in [0.05, 0.1) is 18.2 Å². The van der Waals surface area contributed by atoms with Gasteiger partial charge in [-0.1, -0.05) is 6.07 Å². The fraction of sp³-hybridized carbons (Fsp3) is 0.500. The van der Waals surface area contributed by atoms with Gasteiger partial charge in [0, 0.05) is 19.0 Å². The molecule has 118 valence electrons. The highest BCUT2D eigenvalue weighted by Gasteiger charge is 2.37. The third-order valence-corrected chi connectivity index (χ3v) is 4.48. The zero-order chi connectivity index (χ0) is 15.7. The molecule has 0 saturated carbocycles. The third kappa shape index (κ3) is 3.02. The van der Waals surface area contributed by atoms with Crippen LogP contribution in [0.25, 0.3) is 6.08 Å². The Hall–Kier alpha value is -1.81. The van der Waals surface area contributed by atoms with Gasteiger partial charge in [-0.05, 0) is 56.0 Å². The van der Waals surface area contributed by atoms with Crippen molar-refractivity contribution in [2.75, 3.05) is 13.2 Å². The molecule has 2 aliphatic heterocycles. The fourth-order valence-electron chi connectivity index (χ4n) is 3.34. The van der Waals surface area contributed by atoms with E-state index in [1.807, 2.05) is 18.2 Å². The quantitative estimate of drug-likeness (QED) is 0.872. The first kappa shape index (κ1) is 15.1. The first-order chi connectivity index (χ1) is 10.4. The van der Waals surface area contributed by atoms with E-state index < -0.39 is 5.60 Å². The van der Waals surface area contributed by atoms with E-state index in [0.29, 0.717) is 0 Å². The SMILES string of the molecule is CC(C)(O)C1CCCN1C(=O)/C=C/c1ccc2c(c1)CCO2. The molecular formula is C18H23NO3. The lowest BCUT2D eigenvalue weighted by atomic mass is 9.96. The predicted octanol–water partition coefficient (Wildman–Crippen LogP) is 2.40. The van der Waals surface area contributed by atoms with Crippen molar-refractivity contribution in [3.63, 3.8) is 0 Å². The van der Waals surface area contributed by atoms with E-state index in [9.17, 15) is 9.90 Å². The van der Waals surface area contributed by atoms with Crippen molar-refractivity contribution in [3.8, 4) is 5.75 Å². The highest BCUT2D eigenvalue weighted by molar-refractivity contribution is 5.92. The average molecular weight is 301 g/mol. The van der Waals surface area contributed by atoms with Gasteiger partial charge in [-0.25, -0.2) is 0 Å². The Morgan fingerprint density at radius 1 is 1.45 bits per heavy atom. The number of ether oxygens (including phenoxy) is 1. The Balaban J connectivity index is 1.71. The molecule has 4 heteroatoms. The van der Waals surface area contributed by atoms with Gasteiger partial charge in [0.1, 0.15) is 5.75 Å². The van der Waals surface area contributed by atoms with Gasteiger partial charge >= 0.3 is 0 Å². The van der Waals surface area contributed by atoms with Crippen molar-refractivity contribution in [1.29, 1.82) is 0 Å². The lowest BCUT2D eigenvalue weighted by Gasteiger charge is -2.33. The van der Waals surface area contributed by atoms with Crippen molar-refractivity contribution in [2.24, 2.45) is 0 Å². The molecule has 0 spiro atoms. The molecule has 0 aromatic heterocycles. The summed E-state index contributed by atoms with van der Waals surface area (Å²) < 4.78 is 5.48. The third-order valence-electron chi connectivity index (χ3n) is 4.48.